The van der Waals surface area contributed by atoms with Gasteiger partial charge in [-0.3, -0.25) is 4.79 Å². The monoisotopic (exact) mass is 374 g/mol. The van der Waals surface area contributed by atoms with Crippen LogP contribution in [-0.2, 0) is 11.2 Å². The summed E-state index contributed by atoms with van der Waals surface area (Å²) in [6.45, 7) is -2.81. The van der Waals surface area contributed by atoms with Crippen molar-refractivity contribution in [2.45, 2.75) is 63.3 Å². The van der Waals surface area contributed by atoms with E-state index in [1.54, 1.807) is 12.1 Å². The average molecular weight is 375 g/mol. The first kappa shape index (κ1) is 19.9. The molecule has 2 aliphatic rings. The van der Waals surface area contributed by atoms with Crippen molar-refractivity contribution >= 4 is 18.3 Å². The molecule has 0 spiro atoms. The summed E-state index contributed by atoms with van der Waals surface area (Å²) in [5.41, 5.74) is 0.948. The number of amides is 1. The molecule has 1 N–H and O–H groups in total. The highest BCUT2D eigenvalue weighted by Crippen LogP contribution is 2.29. The van der Waals surface area contributed by atoms with Gasteiger partial charge in [-0.15, -0.1) is 12.4 Å². The molecule has 0 aliphatic carbocycles. The quantitative estimate of drug-likeness (QED) is 0.830. The second-order valence-corrected chi connectivity index (χ2v) is 6.79. The Morgan fingerprint density at radius 1 is 1.24 bits per heavy atom. The van der Waals surface area contributed by atoms with Crippen LogP contribution in [0.5, 0.6) is 5.75 Å². The number of carbonyl (C=O) groups excluding carboxylic acids is 1. The van der Waals surface area contributed by atoms with Crippen molar-refractivity contribution in [2.75, 3.05) is 7.05 Å². The van der Waals surface area contributed by atoms with E-state index in [4.69, 9.17) is 0 Å². The number of benzene rings is 1. The fraction of sp³-hybridized carbons (Fsp3) is 0.611. The van der Waals surface area contributed by atoms with Gasteiger partial charge in [-0.25, -0.2) is 0 Å². The molecule has 2 heterocycles. The summed E-state index contributed by atoms with van der Waals surface area (Å²) in [6, 6.07) is 7.95. The van der Waals surface area contributed by atoms with Gasteiger partial charge in [-0.05, 0) is 49.8 Å². The van der Waals surface area contributed by atoms with Crippen LogP contribution in [-0.4, -0.2) is 42.6 Å². The van der Waals surface area contributed by atoms with Crippen LogP contribution in [0.4, 0.5) is 8.78 Å². The van der Waals surface area contributed by atoms with Gasteiger partial charge in [0.05, 0.1) is 0 Å². The van der Waals surface area contributed by atoms with Crippen LogP contribution >= 0.6 is 12.4 Å². The van der Waals surface area contributed by atoms with Crippen molar-refractivity contribution in [3.05, 3.63) is 29.8 Å². The van der Waals surface area contributed by atoms with Crippen LogP contribution in [0.1, 0.15) is 37.7 Å². The van der Waals surface area contributed by atoms with Crippen molar-refractivity contribution in [3.8, 4) is 5.75 Å². The standard InChI is InChI=1S/C18H24F2N2O2.ClH/c1-22(15-10-13-5-6-14(11-15)21-13)17(23)9-4-12-2-7-16(8-3-12)24-18(19)20;/h2-3,7-8,13-15,18,21H,4-6,9-11H2,1H3;1H. The maximum Gasteiger partial charge on any atom is 0.387 e. The van der Waals surface area contributed by atoms with Gasteiger partial charge in [-0.1, -0.05) is 12.1 Å². The average Bonchev–Trinajstić information content (AvgIpc) is 2.90. The fourth-order valence-corrected chi connectivity index (χ4v) is 3.81. The highest BCUT2D eigenvalue weighted by atomic mass is 35.5. The Hall–Kier alpha value is -1.40. The van der Waals surface area contributed by atoms with E-state index >= 15 is 0 Å². The summed E-state index contributed by atoms with van der Waals surface area (Å²) < 4.78 is 28.6. The molecule has 2 aliphatic heterocycles. The molecule has 2 unspecified atom stereocenters. The first-order valence-corrected chi connectivity index (χ1v) is 8.56. The Labute approximate surface area is 153 Å². The zero-order chi connectivity index (χ0) is 17.1. The predicted molar refractivity (Wildman–Crippen MR) is 94.4 cm³/mol. The summed E-state index contributed by atoms with van der Waals surface area (Å²) in [4.78, 5) is 14.3. The lowest BCUT2D eigenvalue weighted by atomic mass is 9.98. The van der Waals surface area contributed by atoms with Crippen LogP contribution in [0, 0.1) is 0 Å². The van der Waals surface area contributed by atoms with E-state index < -0.39 is 6.61 Å². The Balaban J connectivity index is 0.00000225. The molecule has 2 bridgehead atoms. The number of nitrogens with zero attached hydrogens (tertiary/aromatic N) is 1. The third kappa shape index (κ3) is 5.28. The minimum atomic E-state index is -2.81. The lowest BCUT2D eigenvalue weighted by Gasteiger charge is -2.35. The number of nitrogens with one attached hydrogen (secondary N) is 1. The van der Waals surface area contributed by atoms with Crippen LogP contribution < -0.4 is 10.1 Å². The number of alkyl halides is 2. The van der Waals surface area contributed by atoms with E-state index in [-0.39, 0.29) is 24.1 Å². The second-order valence-electron chi connectivity index (χ2n) is 6.79. The third-order valence-corrected chi connectivity index (χ3v) is 5.17. The molecule has 1 amide bonds. The van der Waals surface area contributed by atoms with Gasteiger partial charge >= 0.3 is 6.61 Å². The Kier molecular flexibility index (Phi) is 7.02. The Bertz CT molecular complexity index is 559. The number of rotatable bonds is 6. The molecule has 2 saturated heterocycles. The van der Waals surface area contributed by atoms with Gasteiger partial charge in [0.15, 0.2) is 0 Å². The van der Waals surface area contributed by atoms with Crippen LogP contribution in [0.25, 0.3) is 0 Å². The van der Waals surface area contributed by atoms with E-state index in [9.17, 15) is 13.6 Å². The fourth-order valence-electron chi connectivity index (χ4n) is 3.81. The van der Waals surface area contributed by atoms with Crippen LogP contribution in [0.15, 0.2) is 24.3 Å². The minimum Gasteiger partial charge on any atom is -0.435 e. The maximum absolute atomic E-state index is 12.4. The van der Waals surface area contributed by atoms with Crippen molar-refractivity contribution in [3.63, 3.8) is 0 Å². The summed E-state index contributed by atoms with van der Waals surface area (Å²) in [5, 5.41) is 3.59. The predicted octanol–water partition coefficient (Wildman–Crippen LogP) is 3.38. The van der Waals surface area contributed by atoms with Crippen LogP contribution in [0.3, 0.4) is 0 Å². The van der Waals surface area contributed by atoms with Crippen molar-refractivity contribution < 1.29 is 18.3 Å². The molecule has 3 rings (SSSR count). The van der Waals surface area contributed by atoms with Crippen LogP contribution in [0.2, 0.25) is 0 Å². The summed E-state index contributed by atoms with van der Waals surface area (Å²) in [5.74, 6) is 0.289. The van der Waals surface area contributed by atoms with E-state index in [1.807, 2.05) is 11.9 Å². The number of carbonyl (C=O) groups is 1. The highest BCUT2D eigenvalue weighted by molar-refractivity contribution is 5.85. The van der Waals surface area contributed by atoms with E-state index in [1.165, 1.54) is 25.0 Å². The van der Waals surface area contributed by atoms with E-state index in [0.29, 0.717) is 31.0 Å². The second kappa shape index (κ2) is 8.81. The smallest absolute Gasteiger partial charge is 0.387 e. The molecule has 1 aromatic carbocycles. The van der Waals surface area contributed by atoms with Crippen molar-refractivity contribution in [1.29, 1.82) is 0 Å². The molecule has 4 nitrogen and oxygen atoms in total. The molecule has 0 saturated carbocycles. The largest absolute Gasteiger partial charge is 0.435 e. The molecule has 7 heteroatoms. The molecule has 2 fully saturated rings. The SMILES string of the molecule is CN(C(=O)CCc1ccc(OC(F)F)cc1)C1CC2CCC(C1)N2.Cl. The number of hydrogen-bond donors (Lipinski definition) is 1. The third-order valence-electron chi connectivity index (χ3n) is 5.17. The molecule has 25 heavy (non-hydrogen) atoms. The first-order chi connectivity index (χ1) is 11.5. The molecule has 1 aromatic rings. The molecule has 2 atom stereocenters. The maximum atomic E-state index is 12.4. The molecule has 140 valence electrons. The zero-order valence-corrected chi connectivity index (χ0v) is 15.1. The normalized spacial score (nSPS) is 24.7. The lowest BCUT2D eigenvalue weighted by molar-refractivity contribution is -0.132. The number of ether oxygens (including phenoxy) is 1. The first-order valence-electron chi connectivity index (χ1n) is 8.56. The lowest BCUT2D eigenvalue weighted by Crippen LogP contribution is -2.48. The molecular formula is C18H25ClF2N2O2. The Morgan fingerprint density at radius 2 is 1.84 bits per heavy atom. The van der Waals surface area contributed by atoms with Gasteiger partial charge in [0.25, 0.3) is 0 Å². The molecule has 0 radical (unpaired) electrons. The van der Waals surface area contributed by atoms with Gasteiger partial charge in [0.2, 0.25) is 5.91 Å². The number of piperidine rings is 1. The summed E-state index contributed by atoms with van der Waals surface area (Å²) in [7, 11) is 1.90. The van der Waals surface area contributed by atoms with E-state index in [0.717, 1.165) is 18.4 Å². The van der Waals surface area contributed by atoms with Crippen molar-refractivity contribution in [1.82, 2.24) is 10.2 Å². The summed E-state index contributed by atoms with van der Waals surface area (Å²) in [6.07, 6.45) is 5.56. The zero-order valence-electron chi connectivity index (χ0n) is 14.3. The topological polar surface area (TPSA) is 41.6 Å². The number of hydrogen-bond acceptors (Lipinski definition) is 3. The summed E-state index contributed by atoms with van der Waals surface area (Å²) >= 11 is 0. The number of aryl methyl sites for hydroxylation is 1. The number of halogens is 3. The molecular weight excluding hydrogens is 350 g/mol. The number of fused-ring (bicyclic) bond motifs is 2. The van der Waals surface area contributed by atoms with Crippen molar-refractivity contribution in [2.24, 2.45) is 0 Å². The highest BCUT2D eigenvalue weighted by Gasteiger charge is 2.36. The van der Waals surface area contributed by atoms with Gasteiger partial charge in [-0.2, -0.15) is 8.78 Å². The van der Waals surface area contributed by atoms with E-state index in [2.05, 4.69) is 10.1 Å². The van der Waals surface area contributed by atoms with Gasteiger partial charge in [0.1, 0.15) is 5.75 Å². The minimum absolute atomic E-state index is 0. The Morgan fingerprint density at radius 3 is 2.40 bits per heavy atom. The van der Waals surface area contributed by atoms with Gasteiger partial charge < -0.3 is 15.0 Å². The molecule has 0 aromatic heterocycles. The van der Waals surface area contributed by atoms with Gasteiger partial charge in [0, 0.05) is 31.6 Å².